The third kappa shape index (κ3) is 3.21. The monoisotopic (exact) mass is 389 g/mol. The van der Waals surface area contributed by atoms with Crippen LogP contribution in [-0.4, -0.2) is 22.6 Å². The lowest BCUT2D eigenvalue weighted by Gasteiger charge is -2.20. The van der Waals surface area contributed by atoms with E-state index in [1.165, 1.54) is 0 Å². The topological polar surface area (TPSA) is 69.3 Å². The molecule has 1 N–H and O–H groups in total. The molecule has 2 heterocycles. The smallest absolute Gasteiger partial charge is 0.287 e. The van der Waals surface area contributed by atoms with Crippen molar-refractivity contribution in [3.8, 4) is 5.75 Å². The highest BCUT2D eigenvalue weighted by Crippen LogP contribution is 2.29. The quantitative estimate of drug-likeness (QED) is 0.726. The molecular weight excluding hydrogens is 374 g/mol. The summed E-state index contributed by atoms with van der Waals surface area (Å²) in [6, 6.07) is 10.3. The van der Waals surface area contributed by atoms with Gasteiger partial charge in [0, 0.05) is 25.0 Å². The van der Waals surface area contributed by atoms with Crippen LogP contribution in [0.1, 0.15) is 28.0 Å². The fourth-order valence-corrected chi connectivity index (χ4v) is 2.79. The third-order valence-electron chi connectivity index (χ3n) is 3.64. The predicted octanol–water partition coefficient (Wildman–Crippen LogP) is 3.30. The molecule has 0 saturated carbocycles. The number of aryl methyl sites for hydroxylation is 1. The minimum absolute atomic E-state index is 0.219. The molecular formula is C17H16BrN3O3. The number of methoxy groups -OCH3 is 1. The van der Waals surface area contributed by atoms with Crippen molar-refractivity contribution in [2.24, 2.45) is 7.05 Å². The predicted molar refractivity (Wildman–Crippen MR) is 91.9 cm³/mol. The van der Waals surface area contributed by atoms with Crippen molar-refractivity contribution >= 4 is 21.8 Å². The van der Waals surface area contributed by atoms with Crippen molar-refractivity contribution in [2.45, 2.75) is 6.04 Å². The second-order valence-corrected chi connectivity index (χ2v) is 5.93. The second kappa shape index (κ2) is 6.92. The van der Waals surface area contributed by atoms with E-state index >= 15 is 0 Å². The van der Waals surface area contributed by atoms with Crippen LogP contribution in [0.5, 0.6) is 5.75 Å². The summed E-state index contributed by atoms with van der Waals surface area (Å²) in [7, 11) is 3.47. The zero-order valence-electron chi connectivity index (χ0n) is 13.2. The van der Waals surface area contributed by atoms with E-state index in [1.54, 1.807) is 25.4 Å². The van der Waals surface area contributed by atoms with Gasteiger partial charge in [-0.2, -0.15) is 0 Å². The van der Waals surface area contributed by atoms with Gasteiger partial charge in [0.05, 0.1) is 7.11 Å². The maximum Gasteiger partial charge on any atom is 0.287 e. The van der Waals surface area contributed by atoms with E-state index in [-0.39, 0.29) is 11.7 Å². The molecule has 0 spiro atoms. The Morgan fingerprint density at radius 1 is 1.33 bits per heavy atom. The molecule has 3 aromatic rings. The molecule has 0 unspecified atom stereocenters. The molecule has 3 rings (SSSR count). The Labute approximate surface area is 147 Å². The Morgan fingerprint density at radius 3 is 2.75 bits per heavy atom. The molecule has 24 heavy (non-hydrogen) atoms. The van der Waals surface area contributed by atoms with Gasteiger partial charge in [-0.15, -0.1) is 0 Å². The van der Waals surface area contributed by atoms with Crippen LogP contribution in [0.25, 0.3) is 0 Å². The Balaban J connectivity index is 2.00. The molecule has 6 nitrogen and oxygen atoms in total. The van der Waals surface area contributed by atoms with Crippen molar-refractivity contribution in [1.82, 2.24) is 14.9 Å². The highest BCUT2D eigenvalue weighted by atomic mass is 79.9. The molecule has 1 atom stereocenters. The molecule has 7 heteroatoms. The minimum Gasteiger partial charge on any atom is -0.496 e. The SMILES string of the molecule is COc1ccccc1[C@H](NC(=O)c1ccc(Br)o1)c1nccn1C. The number of nitrogens with zero attached hydrogens (tertiary/aromatic N) is 2. The zero-order chi connectivity index (χ0) is 17.1. The largest absolute Gasteiger partial charge is 0.496 e. The number of ether oxygens (including phenoxy) is 1. The molecule has 0 bridgehead atoms. The third-order valence-corrected chi connectivity index (χ3v) is 4.07. The summed E-state index contributed by atoms with van der Waals surface area (Å²) >= 11 is 3.20. The lowest BCUT2D eigenvalue weighted by Crippen LogP contribution is -2.31. The molecule has 1 aromatic carbocycles. The first-order valence-corrected chi connectivity index (χ1v) is 8.05. The van der Waals surface area contributed by atoms with Gasteiger partial charge in [-0.05, 0) is 34.1 Å². The number of halogens is 1. The fraction of sp³-hybridized carbons (Fsp3) is 0.176. The summed E-state index contributed by atoms with van der Waals surface area (Å²) < 4.78 is 13.1. The highest BCUT2D eigenvalue weighted by Gasteiger charge is 2.25. The van der Waals surface area contributed by atoms with Gasteiger partial charge >= 0.3 is 0 Å². The van der Waals surface area contributed by atoms with Crippen LogP contribution in [0.3, 0.4) is 0 Å². The molecule has 124 valence electrons. The number of hydrogen-bond acceptors (Lipinski definition) is 4. The summed E-state index contributed by atoms with van der Waals surface area (Å²) in [5, 5.41) is 2.96. The van der Waals surface area contributed by atoms with Gasteiger partial charge in [0.25, 0.3) is 5.91 Å². The number of benzene rings is 1. The van der Waals surface area contributed by atoms with Crippen LogP contribution in [0.15, 0.2) is 57.9 Å². The number of furan rings is 1. The second-order valence-electron chi connectivity index (χ2n) is 5.15. The number of imidazole rings is 1. The van der Waals surface area contributed by atoms with Gasteiger partial charge < -0.3 is 19.0 Å². The first kappa shape index (κ1) is 16.3. The molecule has 0 aliphatic heterocycles. The van der Waals surface area contributed by atoms with Crippen molar-refractivity contribution in [2.75, 3.05) is 7.11 Å². The van der Waals surface area contributed by atoms with E-state index in [9.17, 15) is 4.79 Å². The van der Waals surface area contributed by atoms with Gasteiger partial charge in [0.15, 0.2) is 10.4 Å². The number of amides is 1. The van der Waals surface area contributed by atoms with Gasteiger partial charge in [-0.3, -0.25) is 4.79 Å². The molecule has 0 saturated heterocycles. The van der Waals surface area contributed by atoms with Crippen LogP contribution >= 0.6 is 15.9 Å². The van der Waals surface area contributed by atoms with E-state index in [4.69, 9.17) is 9.15 Å². The van der Waals surface area contributed by atoms with Gasteiger partial charge in [-0.1, -0.05) is 18.2 Å². The lowest BCUT2D eigenvalue weighted by atomic mass is 10.0. The van der Waals surface area contributed by atoms with Gasteiger partial charge in [0.2, 0.25) is 0 Å². The summed E-state index contributed by atoms with van der Waals surface area (Å²) in [5.74, 6) is 1.25. The normalized spacial score (nSPS) is 12.0. The Bertz CT molecular complexity index is 856. The van der Waals surface area contributed by atoms with E-state index in [1.807, 2.05) is 42.1 Å². The molecule has 0 radical (unpaired) electrons. The Kier molecular flexibility index (Phi) is 4.71. The maximum atomic E-state index is 12.5. The zero-order valence-corrected chi connectivity index (χ0v) is 14.8. The maximum absolute atomic E-state index is 12.5. The van der Waals surface area contributed by atoms with Crippen molar-refractivity contribution in [1.29, 1.82) is 0 Å². The fourth-order valence-electron chi connectivity index (χ4n) is 2.48. The minimum atomic E-state index is -0.475. The van der Waals surface area contributed by atoms with E-state index < -0.39 is 6.04 Å². The molecule has 0 aliphatic carbocycles. The summed E-state index contributed by atoms with van der Waals surface area (Å²) in [4.78, 5) is 16.9. The number of aromatic nitrogens is 2. The molecule has 0 aliphatic rings. The molecule has 2 aromatic heterocycles. The number of nitrogens with one attached hydrogen (secondary N) is 1. The van der Waals surface area contributed by atoms with E-state index in [0.717, 1.165) is 5.56 Å². The Hall–Kier alpha value is -2.54. The molecule has 1 amide bonds. The van der Waals surface area contributed by atoms with Crippen LogP contribution in [0.2, 0.25) is 0 Å². The van der Waals surface area contributed by atoms with Crippen LogP contribution in [-0.2, 0) is 7.05 Å². The van der Waals surface area contributed by atoms with Crippen LogP contribution in [0.4, 0.5) is 0 Å². The van der Waals surface area contributed by atoms with Crippen molar-refractivity contribution in [3.05, 3.63) is 70.6 Å². The lowest BCUT2D eigenvalue weighted by molar-refractivity contribution is 0.0911. The standard InChI is InChI=1S/C17H16BrN3O3/c1-21-10-9-19-16(21)15(11-5-3-4-6-12(11)23-2)20-17(22)13-7-8-14(18)24-13/h3-10,15H,1-2H3,(H,20,22)/t15-/m0/s1. The van der Waals surface area contributed by atoms with E-state index in [2.05, 4.69) is 26.2 Å². The number of para-hydroxylation sites is 1. The van der Waals surface area contributed by atoms with Crippen LogP contribution in [0, 0.1) is 0 Å². The van der Waals surface area contributed by atoms with Crippen LogP contribution < -0.4 is 10.1 Å². The summed E-state index contributed by atoms with van der Waals surface area (Å²) in [6.07, 6.45) is 3.51. The Morgan fingerprint density at radius 2 is 2.12 bits per heavy atom. The first-order valence-electron chi connectivity index (χ1n) is 7.26. The van der Waals surface area contributed by atoms with Gasteiger partial charge in [0.1, 0.15) is 17.6 Å². The first-order chi connectivity index (χ1) is 11.6. The number of carbonyl (C=O) groups excluding carboxylic acids is 1. The average molecular weight is 390 g/mol. The summed E-state index contributed by atoms with van der Waals surface area (Å²) in [6.45, 7) is 0. The van der Waals surface area contributed by atoms with E-state index in [0.29, 0.717) is 16.2 Å². The van der Waals surface area contributed by atoms with Crippen molar-refractivity contribution < 1.29 is 13.9 Å². The number of rotatable bonds is 5. The van der Waals surface area contributed by atoms with Crippen molar-refractivity contribution in [3.63, 3.8) is 0 Å². The number of carbonyl (C=O) groups is 1. The summed E-state index contributed by atoms with van der Waals surface area (Å²) in [5.41, 5.74) is 0.813. The average Bonchev–Trinajstić information content (AvgIpc) is 3.21. The van der Waals surface area contributed by atoms with Gasteiger partial charge in [-0.25, -0.2) is 4.98 Å². The highest BCUT2D eigenvalue weighted by molar-refractivity contribution is 9.10. The molecule has 0 fully saturated rings. The number of hydrogen-bond donors (Lipinski definition) is 1.